The minimum absolute atomic E-state index is 0.191. The molecule has 0 heterocycles. The number of esters is 1. The van der Waals surface area contributed by atoms with E-state index in [4.69, 9.17) is 4.74 Å². The second kappa shape index (κ2) is 9.15. The van der Waals surface area contributed by atoms with Crippen LogP contribution in [-0.4, -0.2) is 24.2 Å². The van der Waals surface area contributed by atoms with Gasteiger partial charge < -0.3 is 10.1 Å². The Morgan fingerprint density at radius 1 is 1.15 bits per heavy atom. The van der Waals surface area contributed by atoms with E-state index in [9.17, 15) is 18.4 Å². The lowest BCUT2D eigenvalue weighted by Crippen LogP contribution is -2.29. The number of nitrogens with one attached hydrogen (secondary N) is 1. The molecule has 0 saturated carbocycles. The summed E-state index contributed by atoms with van der Waals surface area (Å²) < 4.78 is 31.4. The first-order valence-corrected chi connectivity index (χ1v) is 8.90. The molecule has 0 saturated heterocycles. The summed E-state index contributed by atoms with van der Waals surface area (Å²) in [6, 6.07) is 10.3. The molecule has 0 aromatic heterocycles. The number of halogens is 2. The second-order valence-corrected chi connectivity index (χ2v) is 6.18. The molecule has 0 aliphatic heterocycles. The van der Waals surface area contributed by atoms with E-state index in [-0.39, 0.29) is 5.69 Å². The SMILES string of the molecule is CSc1ccc(/C=C/C(=O)O[C@@H](C)C(=O)Nc2ccc(F)cc2F)cc1. The van der Waals surface area contributed by atoms with E-state index >= 15 is 0 Å². The molecule has 0 unspecified atom stereocenters. The largest absolute Gasteiger partial charge is 0.449 e. The standard InChI is InChI=1S/C19H17F2NO3S/c1-12(19(24)22-17-9-6-14(20)11-16(17)21)25-18(23)10-5-13-3-7-15(26-2)8-4-13/h3-12H,1-2H3,(H,22,24)/b10-5+/t12-/m0/s1. The summed E-state index contributed by atoms with van der Waals surface area (Å²) in [4.78, 5) is 24.9. The van der Waals surface area contributed by atoms with E-state index in [0.29, 0.717) is 6.07 Å². The van der Waals surface area contributed by atoms with Crippen molar-refractivity contribution < 1.29 is 23.1 Å². The van der Waals surface area contributed by atoms with Crippen LogP contribution >= 0.6 is 11.8 Å². The Hall–Kier alpha value is -2.67. The molecule has 0 spiro atoms. The quantitative estimate of drug-likeness (QED) is 0.464. The Morgan fingerprint density at radius 3 is 2.46 bits per heavy atom. The van der Waals surface area contributed by atoms with E-state index in [2.05, 4.69) is 5.32 Å². The van der Waals surface area contributed by atoms with Gasteiger partial charge in [-0.3, -0.25) is 4.79 Å². The predicted octanol–water partition coefficient (Wildman–Crippen LogP) is 4.27. The van der Waals surface area contributed by atoms with Gasteiger partial charge in [0.15, 0.2) is 6.10 Å². The van der Waals surface area contributed by atoms with Crippen molar-refractivity contribution in [2.24, 2.45) is 0 Å². The highest BCUT2D eigenvalue weighted by atomic mass is 32.2. The molecule has 0 radical (unpaired) electrons. The maximum Gasteiger partial charge on any atom is 0.331 e. The van der Waals surface area contributed by atoms with E-state index < -0.39 is 29.6 Å². The Kier molecular flexibility index (Phi) is 6.91. The third-order valence-corrected chi connectivity index (χ3v) is 4.12. The van der Waals surface area contributed by atoms with Crippen LogP contribution in [0.5, 0.6) is 0 Å². The van der Waals surface area contributed by atoms with Crippen LogP contribution in [0.25, 0.3) is 6.08 Å². The lowest BCUT2D eigenvalue weighted by Gasteiger charge is -2.12. The van der Waals surface area contributed by atoms with Crippen molar-refractivity contribution in [3.8, 4) is 0 Å². The number of carbonyl (C=O) groups excluding carboxylic acids is 2. The minimum Gasteiger partial charge on any atom is -0.449 e. The lowest BCUT2D eigenvalue weighted by atomic mass is 10.2. The number of hydrogen-bond acceptors (Lipinski definition) is 4. The van der Waals surface area contributed by atoms with Crippen molar-refractivity contribution in [3.63, 3.8) is 0 Å². The molecule has 136 valence electrons. The van der Waals surface area contributed by atoms with Gasteiger partial charge in [-0.25, -0.2) is 13.6 Å². The number of rotatable bonds is 6. The zero-order valence-corrected chi connectivity index (χ0v) is 15.0. The van der Waals surface area contributed by atoms with E-state index in [1.54, 1.807) is 17.8 Å². The van der Waals surface area contributed by atoms with E-state index in [1.807, 2.05) is 30.5 Å². The van der Waals surface area contributed by atoms with Gasteiger partial charge in [-0.1, -0.05) is 12.1 Å². The third kappa shape index (κ3) is 5.70. The zero-order chi connectivity index (χ0) is 19.1. The van der Waals surface area contributed by atoms with E-state index in [0.717, 1.165) is 22.6 Å². The molecule has 7 heteroatoms. The average molecular weight is 377 g/mol. The molecule has 4 nitrogen and oxygen atoms in total. The van der Waals surface area contributed by atoms with E-state index in [1.165, 1.54) is 13.0 Å². The first-order valence-electron chi connectivity index (χ1n) is 7.67. The maximum absolute atomic E-state index is 13.5. The van der Waals surface area contributed by atoms with Crippen LogP contribution in [0, 0.1) is 11.6 Å². The number of benzene rings is 2. The van der Waals surface area contributed by atoms with Crippen molar-refractivity contribution in [2.45, 2.75) is 17.9 Å². The second-order valence-electron chi connectivity index (χ2n) is 5.30. The number of carbonyl (C=O) groups is 2. The molecular weight excluding hydrogens is 360 g/mol. The van der Waals surface area contributed by atoms with Crippen LogP contribution in [0.3, 0.4) is 0 Å². The van der Waals surface area contributed by atoms with Crippen molar-refractivity contribution in [1.29, 1.82) is 0 Å². The first kappa shape index (κ1) is 19.7. The van der Waals surface area contributed by atoms with Gasteiger partial charge in [-0.05, 0) is 49.1 Å². The molecular formula is C19H17F2NO3S. The molecule has 2 rings (SSSR count). The summed E-state index contributed by atoms with van der Waals surface area (Å²) in [6.45, 7) is 1.36. The van der Waals surface area contributed by atoms with Gasteiger partial charge in [0.05, 0.1) is 5.69 Å². The highest BCUT2D eigenvalue weighted by molar-refractivity contribution is 7.98. The van der Waals surface area contributed by atoms with Crippen molar-refractivity contribution in [3.05, 3.63) is 65.7 Å². The molecule has 2 aromatic carbocycles. The van der Waals surface area contributed by atoms with Crippen LogP contribution in [0.2, 0.25) is 0 Å². The van der Waals surface area contributed by atoms with Crippen molar-refractivity contribution >= 4 is 35.4 Å². The van der Waals surface area contributed by atoms with Gasteiger partial charge in [-0.15, -0.1) is 11.8 Å². The summed E-state index contributed by atoms with van der Waals surface area (Å²) in [5, 5.41) is 2.24. The number of hydrogen-bond donors (Lipinski definition) is 1. The fraction of sp³-hybridized carbons (Fsp3) is 0.158. The summed E-state index contributed by atoms with van der Waals surface area (Å²) in [6.07, 6.45) is 3.59. The molecule has 1 atom stereocenters. The fourth-order valence-electron chi connectivity index (χ4n) is 1.97. The Labute approximate surface area is 154 Å². The molecule has 0 fully saturated rings. The van der Waals surface area contributed by atoms with Crippen LogP contribution in [-0.2, 0) is 14.3 Å². The van der Waals surface area contributed by atoms with Crippen LogP contribution in [0.4, 0.5) is 14.5 Å². The number of thioether (sulfide) groups is 1. The molecule has 2 aromatic rings. The van der Waals surface area contributed by atoms with Gasteiger partial charge in [-0.2, -0.15) is 0 Å². The van der Waals surface area contributed by atoms with Crippen molar-refractivity contribution in [1.82, 2.24) is 0 Å². The first-order chi connectivity index (χ1) is 12.4. The monoisotopic (exact) mass is 377 g/mol. The summed E-state index contributed by atoms with van der Waals surface area (Å²) >= 11 is 1.61. The highest BCUT2D eigenvalue weighted by Gasteiger charge is 2.18. The Bertz CT molecular complexity index is 822. The average Bonchev–Trinajstić information content (AvgIpc) is 2.62. The predicted molar refractivity (Wildman–Crippen MR) is 97.8 cm³/mol. The van der Waals surface area contributed by atoms with Gasteiger partial charge in [0, 0.05) is 17.0 Å². The number of ether oxygens (including phenoxy) is 1. The van der Waals surface area contributed by atoms with Crippen LogP contribution < -0.4 is 5.32 Å². The third-order valence-electron chi connectivity index (χ3n) is 3.38. The maximum atomic E-state index is 13.5. The zero-order valence-electron chi connectivity index (χ0n) is 14.2. The highest BCUT2D eigenvalue weighted by Crippen LogP contribution is 2.16. The molecule has 1 N–H and O–H groups in total. The number of anilines is 1. The molecule has 26 heavy (non-hydrogen) atoms. The van der Waals surface area contributed by atoms with Crippen molar-refractivity contribution in [2.75, 3.05) is 11.6 Å². The molecule has 1 amide bonds. The van der Waals surface area contributed by atoms with Gasteiger partial charge >= 0.3 is 5.97 Å². The summed E-state index contributed by atoms with van der Waals surface area (Å²) in [5.41, 5.74) is 0.619. The van der Waals surface area contributed by atoms with Gasteiger partial charge in [0.2, 0.25) is 0 Å². The van der Waals surface area contributed by atoms with Gasteiger partial charge in [0.25, 0.3) is 5.91 Å². The molecule has 0 bridgehead atoms. The van der Waals surface area contributed by atoms with Crippen LogP contribution in [0.1, 0.15) is 12.5 Å². The normalized spacial score (nSPS) is 12.0. The minimum atomic E-state index is -1.14. The lowest BCUT2D eigenvalue weighted by molar-refractivity contribution is -0.148. The Balaban J connectivity index is 1.90. The smallest absolute Gasteiger partial charge is 0.331 e. The summed E-state index contributed by atoms with van der Waals surface area (Å²) in [5.74, 6) is -3.09. The topological polar surface area (TPSA) is 55.4 Å². The summed E-state index contributed by atoms with van der Waals surface area (Å²) in [7, 11) is 0. The van der Waals surface area contributed by atoms with Gasteiger partial charge in [0.1, 0.15) is 11.6 Å². The van der Waals surface area contributed by atoms with Crippen LogP contribution in [0.15, 0.2) is 53.4 Å². The molecule has 0 aliphatic rings. The number of amides is 1. The fourth-order valence-corrected chi connectivity index (χ4v) is 2.38. The Morgan fingerprint density at radius 2 is 1.85 bits per heavy atom. The molecule has 0 aliphatic carbocycles.